The van der Waals surface area contributed by atoms with E-state index in [1.165, 1.54) is 72.8 Å². The molecule has 0 spiro atoms. The molecule has 34 heavy (non-hydrogen) atoms. The van der Waals surface area contributed by atoms with Crippen LogP contribution in [0.15, 0.2) is 82.6 Å². The summed E-state index contributed by atoms with van der Waals surface area (Å²) in [6.45, 7) is 0. The molecule has 2 N–H and O–H groups in total. The maximum absolute atomic E-state index is 13.2. The summed E-state index contributed by atoms with van der Waals surface area (Å²) in [6, 6.07) is 17.4. The lowest BCUT2D eigenvalue weighted by molar-refractivity contribution is 0.599. The predicted octanol–water partition coefficient (Wildman–Crippen LogP) is 3.34. The summed E-state index contributed by atoms with van der Waals surface area (Å²) in [5.74, 6) is 0. The largest absolute Gasteiger partial charge is 0.280 e. The third-order valence-electron chi connectivity index (χ3n) is 4.92. The highest BCUT2D eigenvalue weighted by molar-refractivity contribution is 7.93. The Balaban J connectivity index is 1.77. The molecule has 0 bridgehead atoms. The molecule has 0 saturated carbocycles. The van der Waals surface area contributed by atoms with Gasteiger partial charge in [-0.15, -0.1) is 0 Å². The van der Waals surface area contributed by atoms with Gasteiger partial charge in [-0.2, -0.15) is 0 Å². The van der Waals surface area contributed by atoms with Crippen LogP contribution >= 0.6 is 23.2 Å². The van der Waals surface area contributed by atoms with Gasteiger partial charge >= 0.3 is 0 Å². The second kappa shape index (κ2) is 9.19. The number of sulfonamides is 2. The zero-order valence-corrected chi connectivity index (χ0v) is 20.4. The quantitative estimate of drug-likeness (QED) is 0.377. The van der Waals surface area contributed by atoms with Crippen molar-refractivity contribution in [1.29, 1.82) is 0 Å². The Bertz CT molecular complexity index is 1520. The lowest BCUT2D eigenvalue weighted by atomic mass is 9.96. The number of hydrogen-bond acceptors (Lipinski definition) is 4. The van der Waals surface area contributed by atoms with E-state index < -0.39 is 20.0 Å². The standard InChI is InChI=1S/C22H14B2Cl2N2O4S2/c23-17-11-13(7-9-19(17)25)27-33(29,30)21-5-1-3-15-16(21)4-2-6-22(15)34(31,32)28-14-8-10-20(26)18(24)12-14/h1-12,27-28H. The maximum Gasteiger partial charge on any atom is 0.262 e. The number of halogens is 2. The van der Waals surface area contributed by atoms with E-state index in [0.717, 1.165) is 0 Å². The van der Waals surface area contributed by atoms with Gasteiger partial charge in [0, 0.05) is 32.2 Å². The highest BCUT2D eigenvalue weighted by atomic mass is 35.5. The van der Waals surface area contributed by atoms with Gasteiger partial charge in [0.1, 0.15) is 15.7 Å². The molecule has 0 aliphatic rings. The van der Waals surface area contributed by atoms with E-state index in [1.54, 1.807) is 0 Å². The minimum atomic E-state index is -4.10. The monoisotopic (exact) mass is 526 g/mol. The molecule has 4 aromatic carbocycles. The molecule has 0 saturated heterocycles. The summed E-state index contributed by atoms with van der Waals surface area (Å²) in [6.07, 6.45) is 0. The first-order valence-electron chi connectivity index (χ1n) is 9.65. The SMILES string of the molecule is [B]c1cc(NS(=O)(=O)c2cccc3c(S(=O)(=O)Nc4ccc(Cl)c([B])c4)cccc23)ccc1Cl. The van der Waals surface area contributed by atoms with E-state index in [9.17, 15) is 16.8 Å². The Morgan fingerprint density at radius 1 is 0.588 bits per heavy atom. The van der Waals surface area contributed by atoms with Crippen LogP contribution in [-0.2, 0) is 20.0 Å². The highest BCUT2D eigenvalue weighted by Crippen LogP contribution is 2.30. The topological polar surface area (TPSA) is 92.3 Å². The van der Waals surface area contributed by atoms with Crippen LogP contribution in [0.1, 0.15) is 0 Å². The van der Waals surface area contributed by atoms with Crippen molar-refractivity contribution in [2.45, 2.75) is 9.79 Å². The first kappa shape index (κ1) is 24.5. The van der Waals surface area contributed by atoms with Crippen LogP contribution in [0.5, 0.6) is 0 Å². The van der Waals surface area contributed by atoms with Crippen LogP contribution in [0.3, 0.4) is 0 Å². The second-order valence-corrected chi connectivity index (χ2v) is 11.4. The minimum Gasteiger partial charge on any atom is -0.280 e. The van der Waals surface area contributed by atoms with Gasteiger partial charge in [-0.25, -0.2) is 16.8 Å². The van der Waals surface area contributed by atoms with Crippen LogP contribution in [0.4, 0.5) is 11.4 Å². The summed E-state index contributed by atoms with van der Waals surface area (Å²) in [4.78, 5) is -0.211. The Hall–Kier alpha value is -2.65. The molecule has 4 radical (unpaired) electrons. The summed E-state index contributed by atoms with van der Waals surface area (Å²) < 4.78 is 57.5. The molecule has 0 aliphatic carbocycles. The molecular weight excluding hydrogens is 513 g/mol. The minimum absolute atomic E-state index is 0.105. The van der Waals surface area contributed by atoms with Gasteiger partial charge in [-0.3, -0.25) is 9.44 Å². The van der Waals surface area contributed by atoms with E-state index in [1.807, 2.05) is 0 Å². The van der Waals surface area contributed by atoms with Crippen LogP contribution in [-0.4, -0.2) is 32.5 Å². The molecule has 0 unspecified atom stereocenters. The van der Waals surface area contributed by atoms with E-state index in [-0.39, 0.29) is 52.9 Å². The fraction of sp³-hybridized carbons (Fsp3) is 0. The van der Waals surface area contributed by atoms with Gasteiger partial charge in [0.05, 0.1) is 9.79 Å². The van der Waals surface area contributed by atoms with E-state index >= 15 is 0 Å². The predicted molar refractivity (Wildman–Crippen MR) is 139 cm³/mol. The van der Waals surface area contributed by atoms with Crippen molar-refractivity contribution < 1.29 is 16.8 Å². The summed E-state index contributed by atoms with van der Waals surface area (Å²) in [5.41, 5.74) is 0.846. The second-order valence-electron chi connectivity index (χ2n) is 7.29. The molecule has 168 valence electrons. The third-order valence-corrected chi connectivity index (χ3v) is 8.48. The van der Waals surface area contributed by atoms with E-state index in [0.29, 0.717) is 0 Å². The van der Waals surface area contributed by atoms with Crippen molar-refractivity contribution in [2.75, 3.05) is 9.44 Å². The number of nitrogens with one attached hydrogen (secondary N) is 2. The Morgan fingerprint density at radius 3 is 1.32 bits per heavy atom. The Kier molecular flexibility index (Phi) is 6.61. The number of hydrogen-bond donors (Lipinski definition) is 2. The molecule has 4 rings (SSSR count). The van der Waals surface area contributed by atoms with Crippen LogP contribution < -0.4 is 20.4 Å². The molecule has 0 aromatic heterocycles. The molecule has 0 aliphatic heterocycles. The molecule has 4 aromatic rings. The molecular formula is C22H14B2Cl2N2O4S2. The lowest BCUT2D eigenvalue weighted by Crippen LogP contribution is -2.17. The fourth-order valence-electron chi connectivity index (χ4n) is 3.36. The van der Waals surface area contributed by atoms with Gasteiger partial charge in [0.2, 0.25) is 0 Å². The van der Waals surface area contributed by atoms with Crippen molar-refractivity contribution >= 4 is 92.0 Å². The average Bonchev–Trinajstić information content (AvgIpc) is 2.77. The molecule has 12 heteroatoms. The van der Waals surface area contributed by atoms with Crippen molar-refractivity contribution in [1.82, 2.24) is 0 Å². The lowest BCUT2D eigenvalue weighted by Gasteiger charge is -2.14. The van der Waals surface area contributed by atoms with Gasteiger partial charge in [0.25, 0.3) is 20.0 Å². The fourth-order valence-corrected chi connectivity index (χ4v) is 6.14. The summed E-state index contributed by atoms with van der Waals surface area (Å²) in [5, 5.41) is 1.02. The Morgan fingerprint density at radius 2 is 0.971 bits per heavy atom. The van der Waals surface area contributed by atoms with Crippen LogP contribution in [0, 0.1) is 0 Å². The zero-order chi connectivity index (χ0) is 24.7. The van der Waals surface area contributed by atoms with Gasteiger partial charge in [-0.1, -0.05) is 58.4 Å². The van der Waals surface area contributed by atoms with Gasteiger partial charge in [0.15, 0.2) is 0 Å². The summed E-state index contributed by atoms with van der Waals surface area (Å²) >= 11 is 11.8. The zero-order valence-electron chi connectivity index (χ0n) is 17.3. The van der Waals surface area contributed by atoms with E-state index in [2.05, 4.69) is 9.44 Å². The van der Waals surface area contributed by atoms with Crippen LogP contribution in [0.2, 0.25) is 10.0 Å². The first-order chi connectivity index (χ1) is 16.0. The van der Waals surface area contributed by atoms with Crippen molar-refractivity contribution in [3.63, 3.8) is 0 Å². The number of benzene rings is 4. The van der Waals surface area contributed by atoms with Crippen molar-refractivity contribution in [3.8, 4) is 0 Å². The normalized spacial score (nSPS) is 11.9. The number of rotatable bonds is 6. The van der Waals surface area contributed by atoms with Gasteiger partial charge < -0.3 is 0 Å². The van der Waals surface area contributed by atoms with Crippen molar-refractivity contribution in [2.24, 2.45) is 0 Å². The molecule has 6 nitrogen and oxygen atoms in total. The first-order valence-corrected chi connectivity index (χ1v) is 13.4. The van der Waals surface area contributed by atoms with Gasteiger partial charge in [-0.05, 0) is 48.5 Å². The molecule has 0 heterocycles. The van der Waals surface area contributed by atoms with Crippen molar-refractivity contribution in [3.05, 3.63) is 82.8 Å². The summed E-state index contributed by atoms with van der Waals surface area (Å²) in [7, 11) is 3.33. The molecule has 0 amide bonds. The molecule has 0 fully saturated rings. The molecule has 0 atom stereocenters. The highest BCUT2D eigenvalue weighted by Gasteiger charge is 2.23. The smallest absolute Gasteiger partial charge is 0.262 e. The van der Waals surface area contributed by atoms with Crippen LogP contribution in [0.25, 0.3) is 10.8 Å². The third kappa shape index (κ3) is 4.90. The van der Waals surface area contributed by atoms with E-state index in [4.69, 9.17) is 38.9 Å². The number of fused-ring (bicyclic) bond motifs is 1. The Labute approximate surface area is 210 Å². The number of anilines is 2. The average molecular weight is 527 g/mol. The maximum atomic E-state index is 13.2.